The molecular formula is C21H24N4O5S. The number of amides is 4. The minimum atomic E-state index is -3.63. The first kappa shape index (κ1) is 22.4. The Bertz CT molecular complexity index is 1100. The fourth-order valence-electron chi connectivity index (χ4n) is 3.15. The van der Waals surface area contributed by atoms with E-state index in [2.05, 4.69) is 10.7 Å². The molecule has 31 heavy (non-hydrogen) atoms. The Morgan fingerprint density at radius 1 is 1.06 bits per heavy atom. The van der Waals surface area contributed by atoms with Gasteiger partial charge in [-0.1, -0.05) is 30.3 Å². The molecule has 0 radical (unpaired) electrons. The third kappa shape index (κ3) is 4.59. The quantitative estimate of drug-likeness (QED) is 0.629. The normalized spacial score (nSPS) is 18.9. The monoisotopic (exact) mass is 444 g/mol. The third-order valence-corrected chi connectivity index (χ3v) is 6.96. The summed E-state index contributed by atoms with van der Waals surface area (Å²) in [6, 6.07) is 14.1. The first-order valence-electron chi connectivity index (χ1n) is 9.59. The van der Waals surface area contributed by atoms with Crippen molar-refractivity contribution in [1.82, 2.24) is 20.1 Å². The van der Waals surface area contributed by atoms with Gasteiger partial charge in [0.25, 0.3) is 11.8 Å². The van der Waals surface area contributed by atoms with Crippen LogP contribution in [0.1, 0.15) is 29.3 Å². The van der Waals surface area contributed by atoms with Gasteiger partial charge in [-0.2, -0.15) is 5.01 Å². The largest absolute Gasteiger partial charge is 0.344 e. The van der Waals surface area contributed by atoms with Gasteiger partial charge in [0.15, 0.2) is 0 Å². The Balaban J connectivity index is 1.68. The number of carbonyl (C=O) groups is 3. The van der Waals surface area contributed by atoms with E-state index in [9.17, 15) is 22.8 Å². The second kappa shape index (κ2) is 8.48. The zero-order valence-electron chi connectivity index (χ0n) is 17.5. The fourth-order valence-corrected chi connectivity index (χ4v) is 4.05. The number of aryl methyl sites for hydroxylation is 1. The number of carbonyl (C=O) groups excluding carboxylic acids is 3. The molecule has 0 saturated carbocycles. The molecule has 0 unspecified atom stereocenters. The number of imide groups is 1. The van der Waals surface area contributed by atoms with E-state index in [-0.39, 0.29) is 10.5 Å². The highest BCUT2D eigenvalue weighted by atomic mass is 32.2. The summed E-state index contributed by atoms with van der Waals surface area (Å²) in [7, 11) is -0.821. The molecule has 1 aliphatic heterocycles. The molecule has 1 heterocycles. The number of sulfonamides is 1. The maximum atomic E-state index is 12.8. The zero-order valence-corrected chi connectivity index (χ0v) is 18.3. The Hall–Kier alpha value is -3.24. The number of hydrogen-bond donors (Lipinski definition) is 2. The van der Waals surface area contributed by atoms with E-state index < -0.39 is 33.4 Å². The van der Waals surface area contributed by atoms with Gasteiger partial charge in [-0.05, 0) is 49.6 Å². The smallest absolute Gasteiger partial charge is 0.322 e. The number of hydrogen-bond acceptors (Lipinski definition) is 5. The van der Waals surface area contributed by atoms with E-state index in [1.807, 2.05) is 30.3 Å². The number of nitrogens with one attached hydrogen (secondary N) is 2. The van der Waals surface area contributed by atoms with Crippen LogP contribution in [0.25, 0.3) is 0 Å². The van der Waals surface area contributed by atoms with Crippen molar-refractivity contribution in [3.63, 3.8) is 0 Å². The van der Waals surface area contributed by atoms with Gasteiger partial charge in [0.2, 0.25) is 10.0 Å². The van der Waals surface area contributed by atoms with Crippen molar-refractivity contribution in [2.24, 2.45) is 0 Å². The molecule has 1 saturated heterocycles. The SMILES string of the molecule is CN(C)S(=O)(=O)c1ccc(C(=O)NN2C(=O)N[C@](C)(CCc3ccccc3)C2=O)cc1. The van der Waals surface area contributed by atoms with Gasteiger partial charge in [-0.15, -0.1) is 0 Å². The number of hydrazine groups is 1. The fraction of sp³-hybridized carbons (Fsp3) is 0.286. The number of rotatable bonds is 7. The van der Waals surface area contributed by atoms with Gasteiger partial charge in [0.05, 0.1) is 4.90 Å². The third-order valence-electron chi connectivity index (χ3n) is 5.13. The summed E-state index contributed by atoms with van der Waals surface area (Å²) in [5.41, 5.74) is 2.29. The number of urea groups is 1. The van der Waals surface area contributed by atoms with Crippen LogP contribution in [0, 0.1) is 0 Å². The highest BCUT2D eigenvalue weighted by molar-refractivity contribution is 7.89. The standard InChI is InChI=1S/C21H24N4O5S/c1-21(14-13-15-7-5-4-6-8-15)19(27)25(20(28)22-21)23-18(26)16-9-11-17(12-10-16)31(29,30)24(2)3/h4-12H,13-14H2,1-3H3,(H,22,28)(H,23,26)/t21-/m1/s1. The second-order valence-corrected chi connectivity index (χ2v) is 9.79. The van der Waals surface area contributed by atoms with Crippen molar-refractivity contribution in [2.45, 2.75) is 30.2 Å². The van der Waals surface area contributed by atoms with E-state index in [4.69, 9.17) is 0 Å². The number of benzene rings is 2. The minimum absolute atomic E-state index is 0.0255. The first-order chi connectivity index (χ1) is 14.5. The van der Waals surface area contributed by atoms with Gasteiger partial charge < -0.3 is 5.32 Å². The Labute approximate surface area is 181 Å². The van der Waals surface area contributed by atoms with Crippen molar-refractivity contribution in [1.29, 1.82) is 0 Å². The van der Waals surface area contributed by atoms with Crippen molar-refractivity contribution >= 4 is 27.9 Å². The molecule has 2 aromatic carbocycles. The van der Waals surface area contributed by atoms with Gasteiger partial charge in [-0.3, -0.25) is 15.0 Å². The molecule has 0 bridgehead atoms. The molecule has 3 rings (SSSR count). The topological polar surface area (TPSA) is 116 Å². The lowest BCUT2D eigenvalue weighted by Crippen LogP contribution is -2.48. The molecule has 1 fully saturated rings. The van der Waals surface area contributed by atoms with E-state index in [1.165, 1.54) is 38.4 Å². The Morgan fingerprint density at radius 2 is 1.68 bits per heavy atom. The predicted octanol–water partition coefficient (Wildman–Crippen LogP) is 1.52. The summed E-state index contributed by atoms with van der Waals surface area (Å²) < 4.78 is 25.3. The first-order valence-corrected chi connectivity index (χ1v) is 11.0. The van der Waals surface area contributed by atoms with Gasteiger partial charge >= 0.3 is 6.03 Å². The van der Waals surface area contributed by atoms with E-state index >= 15 is 0 Å². The molecule has 0 spiro atoms. The number of nitrogens with zero attached hydrogens (tertiary/aromatic N) is 2. The van der Waals surface area contributed by atoms with Crippen LogP contribution in [-0.4, -0.2) is 55.2 Å². The Morgan fingerprint density at radius 3 is 2.26 bits per heavy atom. The molecule has 2 aromatic rings. The van der Waals surface area contributed by atoms with Crippen LogP contribution in [0.4, 0.5) is 4.79 Å². The minimum Gasteiger partial charge on any atom is -0.322 e. The van der Waals surface area contributed by atoms with Gasteiger partial charge in [0.1, 0.15) is 5.54 Å². The zero-order chi connectivity index (χ0) is 22.8. The Kier molecular flexibility index (Phi) is 6.14. The van der Waals surface area contributed by atoms with Crippen LogP contribution in [0.2, 0.25) is 0 Å². The highest BCUT2D eigenvalue weighted by Gasteiger charge is 2.48. The molecule has 10 heteroatoms. The summed E-state index contributed by atoms with van der Waals surface area (Å²) in [6.07, 6.45) is 0.942. The summed E-state index contributed by atoms with van der Waals surface area (Å²) in [5, 5.41) is 3.30. The molecule has 1 atom stereocenters. The molecule has 4 amide bonds. The molecule has 0 aliphatic carbocycles. The van der Waals surface area contributed by atoms with Crippen molar-refractivity contribution in [2.75, 3.05) is 14.1 Å². The van der Waals surface area contributed by atoms with Crippen molar-refractivity contribution < 1.29 is 22.8 Å². The molecule has 9 nitrogen and oxygen atoms in total. The second-order valence-electron chi connectivity index (χ2n) is 7.64. The molecular weight excluding hydrogens is 420 g/mol. The average molecular weight is 445 g/mol. The molecule has 1 aliphatic rings. The van der Waals surface area contributed by atoms with Crippen LogP contribution < -0.4 is 10.7 Å². The average Bonchev–Trinajstić information content (AvgIpc) is 2.96. The van der Waals surface area contributed by atoms with Crippen LogP contribution in [0.5, 0.6) is 0 Å². The predicted molar refractivity (Wildman–Crippen MR) is 113 cm³/mol. The van der Waals surface area contributed by atoms with E-state index in [0.717, 1.165) is 9.87 Å². The highest BCUT2D eigenvalue weighted by Crippen LogP contribution is 2.22. The molecule has 164 valence electrons. The van der Waals surface area contributed by atoms with E-state index in [0.29, 0.717) is 17.9 Å². The molecule has 2 N–H and O–H groups in total. The van der Waals surface area contributed by atoms with Crippen LogP contribution in [-0.2, 0) is 21.2 Å². The van der Waals surface area contributed by atoms with Crippen LogP contribution >= 0.6 is 0 Å². The molecule has 0 aromatic heterocycles. The lowest BCUT2D eigenvalue weighted by Gasteiger charge is -2.21. The van der Waals surface area contributed by atoms with Crippen LogP contribution in [0.3, 0.4) is 0 Å². The lowest BCUT2D eigenvalue weighted by molar-refractivity contribution is -0.132. The lowest BCUT2D eigenvalue weighted by atomic mass is 9.93. The van der Waals surface area contributed by atoms with E-state index in [1.54, 1.807) is 6.92 Å². The maximum absolute atomic E-state index is 12.8. The van der Waals surface area contributed by atoms with Gasteiger partial charge in [-0.25, -0.2) is 17.5 Å². The summed E-state index contributed by atoms with van der Waals surface area (Å²) in [5.74, 6) is -1.27. The van der Waals surface area contributed by atoms with Crippen molar-refractivity contribution in [3.05, 3.63) is 65.7 Å². The summed E-state index contributed by atoms with van der Waals surface area (Å²) in [6.45, 7) is 1.61. The van der Waals surface area contributed by atoms with Crippen LogP contribution in [0.15, 0.2) is 59.5 Å². The van der Waals surface area contributed by atoms with Crippen molar-refractivity contribution in [3.8, 4) is 0 Å². The maximum Gasteiger partial charge on any atom is 0.344 e. The van der Waals surface area contributed by atoms with Gasteiger partial charge in [0, 0.05) is 19.7 Å². The summed E-state index contributed by atoms with van der Waals surface area (Å²) in [4.78, 5) is 37.7. The summed E-state index contributed by atoms with van der Waals surface area (Å²) >= 11 is 0.